The first-order valence-corrected chi connectivity index (χ1v) is 6.35. The smallest absolute Gasteiger partial charge is 0.161 e. The fourth-order valence-corrected chi connectivity index (χ4v) is 2.16. The molecule has 0 aliphatic heterocycles. The van der Waals surface area contributed by atoms with Gasteiger partial charge in [-0.15, -0.1) is 0 Å². The van der Waals surface area contributed by atoms with Gasteiger partial charge in [-0.2, -0.15) is 10.5 Å². The van der Waals surface area contributed by atoms with Crippen molar-refractivity contribution in [3.05, 3.63) is 11.1 Å². The Morgan fingerprint density at radius 3 is 2.58 bits per heavy atom. The predicted molar refractivity (Wildman–Crippen MR) is 70.6 cm³/mol. The molecule has 0 spiro atoms. The summed E-state index contributed by atoms with van der Waals surface area (Å²) < 4.78 is 5.32. The van der Waals surface area contributed by atoms with Gasteiger partial charge in [0.05, 0.1) is 11.9 Å². The Hall–Kier alpha value is -2.25. The van der Waals surface area contributed by atoms with E-state index in [1.807, 2.05) is 12.1 Å². The number of nitrogens with zero attached hydrogens (tertiary/aromatic N) is 3. The number of hydrogen-bond donors (Lipinski definition) is 1. The van der Waals surface area contributed by atoms with Gasteiger partial charge in [0.15, 0.2) is 5.75 Å². The molecule has 98 valence electrons. The van der Waals surface area contributed by atoms with Crippen molar-refractivity contribution in [3.63, 3.8) is 0 Å². The molecule has 19 heavy (non-hydrogen) atoms. The lowest BCUT2D eigenvalue weighted by Gasteiger charge is -2.13. The number of anilines is 1. The molecule has 1 aromatic heterocycles. The van der Waals surface area contributed by atoms with Gasteiger partial charge in [-0.05, 0) is 13.8 Å². The zero-order valence-electron chi connectivity index (χ0n) is 10.5. The number of aromatic nitrogens is 1. The zero-order chi connectivity index (χ0) is 14.4. The highest BCUT2D eigenvalue weighted by Crippen LogP contribution is 2.35. The van der Waals surface area contributed by atoms with Crippen molar-refractivity contribution in [2.75, 3.05) is 12.3 Å². The van der Waals surface area contributed by atoms with Gasteiger partial charge in [0.25, 0.3) is 0 Å². The van der Waals surface area contributed by atoms with E-state index in [0.717, 1.165) is 18.0 Å². The van der Waals surface area contributed by atoms with Crippen LogP contribution in [0.2, 0.25) is 0 Å². The molecule has 0 aliphatic rings. The van der Waals surface area contributed by atoms with Crippen LogP contribution in [0, 0.1) is 22.7 Å². The molecule has 0 aliphatic carbocycles. The van der Waals surface area contributed by atoms with Crippen molar-refractivity contribution < 1.29 is 9.53 Å². The fourth-order valence-electron chi connectivity index (χ4n) is 1.34. The quantitative estimate of drug-likeness (QED) is 0.640. The van der Waals surface area contributed by atoms with Crippen molar-refractivity contribution in [3.8, 4) is 17.9 Å². The molecule has 7 heteroatoms. The van der Waals surface area contributed by atoms with Gasteiger partial charge in [0.1, 0.15) is 40.4 Å². The van der Waals surface area contributed by atoms with Crippen LogP contribution in [-0.2, 0) is 4.79 Å². The van der Waals surface area contributed by atoms with E-state index in [0.29, 0.717) is 11.6 Å². The van der Waals surface area contributed by atoms with Gasteiger partial charge in [-0.3, -0.25) is 0 Å². The Labute approximate surface area is 115 Å². The molecule has 1 aromatic rings. The van der Waals surface area contributed by atoms with E-state index in [-0.39, 0.29) is 27.9 Å². The van der Waals surface area contributed by atoms with E-state index in [1.54, 1.807) is 13.8 Å². The molecule has 0 fully saturated rings. The van der Waals surface area contributed by atoms with Gasteiger partial charge < -0.3 is 15.3 Å². The van der Waals surface area contributed by atoms with Crippen LogP contribution in [0.4, 0.5) is 5.82 Å². The number of nitrogens with two attached hydrogens (primary N) is 1. The number of thioether (sulfide) groups is 1. The molecule has 0 bridgehead atoms. The fraction of sp³-hybridized carbons (Fsp3) is 0.333. The van der Waals surface area contributed by atoms with Crippen molar-refractivity contribution in [1.82, 2.24) is 4.98 Å². The maximum Gasteiger partial charge on any atom is 0.161 e. The minimum absolute atomic E-state index is 0.00875. The molecule has 0 amide bonds. The number of carbonyl (C=O) groups is 1. The summed E-state index contributed by atoms with van der Waals surface area (Å²) in [5, 5.41) is 18.2. The van der Waals surface area contributed by atoms with E-state index in [2.05, 4.69) is 4.98 Å². The number of nitrogen functional groups attached to an aromatic ring is 1. The van der Waals surface area contributed by atoms with Crippen molar-refractivity contribution in [2.45, 2.75) is 24.1 Å². The number of ether oxygens (including phenoxy) is 1. The third-order valence-electron chi connectivity index (χ3n) is 2.15. The van der Waals surface area contributed by atoms with Crippen LogP contribution in [0.25, 0.3) is 0 Å². The first kappa shape index (κ1) is 14.8. The second kappa shape index (κ2) is 6.62. The minimum Gasteiger partial charge on any atom is -0.491 e. The molecule has 1 rings (SSSR count). The van der Waals surface area contributed by atoms with Crippen LogP contribution < -0.4 is 10.5 Å². The average molecular weight is 276 g/mol. The summed E-state index contributed by atoms with van der Waals surface area (Å²) in [6.45, 7) is 3.70. The van der Waals surface area contributed by atoms with Gasteiger partial charge in [0, 0.05) is 0 Å². The highest BCUT2D eigenvalue weighted by molar-refractivity contribution is 8.00. The van der Waals surface area contributed by atoms with Crippen LogP contribution in [0.15, 0.2) is 5.03 Å². The lowest BCUT2D eigenvalue weighted by Crippen LogP contribution is -2.07. The SMILES string of the molecule is CCOc1c(C#N)c(N)nc(SC(C)C=O)c1C#N. The number of nitriles is 2. The minimum atomic E-state index is -0.374. The summed E-state index contributed by atoms with van der Waals surface area (Å²) in [5.74, 6) is 0.117. The van der Waals surface area contributed by atoms with E-state index < -0.39 is 0 Å². The summed E-state index contributed by atoms with van der Waals surface area (Å²) in [6.07, 6.45) is 0.738. The number of rotatable bonds is 5. The Bertz CT molecular complexity index is 575. The molecule has 0 saturated carbocycles. The van der Waals surface area contributed by atoms with Crippen LogP contribution >= 0.6 is 11.8 Å². The van der Waals surface area contributed by atoms with Gasteiger partial charge in [-0.1, -0.05) is 11.8 Å². The number of aldehydes is 1. The number of hydrogen-bond acceptors (Lipinski definition) is 7. The summed E-state index contributed by atoms with van der Waals surface area (Å²) in [7, 11) is 0. The third-order valence-corrected chi connectivity index (χ3v) is 3.15. The molecule has 6 nitrogen and oxygen atoms in total. The molecule has 1 unspecified atom stereocenters. The van der Waals surface area contributed by atoms with Crippen LogP contribution in [0.5, 0.6) is 5.75 Å². The molecule has 0 aromatic carbocycles. The average Bonchev–Trinajstić information content (AvgIpc) is 2.39. The van der Waals surface area contributed by atoms with Gasteiger partial charge >= 0.3 is 0 Å². The van der Waals surface area contributed by atoms with E-state index in [9.17, 15) is 10.1 Å². The Morgan fingerprint density at radius 1 is 1.47 bits per heavy atom. The van der Waals surface area contributed by atoms with Crippen LogP contribution in [-0.4, -0.2) is 23.1 Å². The lowest BCUT2D eigenvalue weighted by atomic mass is 10.2. The van der Waals surface area contributed by atoms with Gasteiger partial charge in [-0.25, -0.2) is 4.98 Å². The van der Waals surface area contributed by atoms with Crippen LogP contribution in [0.3, 0.4) is 0 Å². The second-order valence-electron chi connectivity index (χ2n) is 3.50. The highest BCUT2D eigenvalue weighted by atomic mass is 32.2. The van der Waals surface area contributed by atoms with Gasteiger partial charge in [0.2, 0.25) is 0 Å². The number of carbonyl (C=O) groups excluding carboxylic acids is 1. The molecule has 2 N–H and O–H groups in total. The molecular weight excluding hydrogens is 264 g/mol. The van der Waals surface area contributed by atoms with E-state index in [1.165, 1.54) is 0 Å². The Balaban J connectivity index is 3.46. The van der Waals surface area contributed by atoms with E-state index >= 15 is 0 Å². The Morgan fingerprint density at radius 2 is 2.11 bits per heavy atom. The molecule has 0 radical (unpaired) electrons. The molecule has 0 saturated heterocycles. The second-order valence-corrected chi connectivity index (χ2v) is 4.86. The standard InChI is InChI=1S/C12H12N4O2S/c1-3-18-10-8(4-13)11(15)16-12(9(10)5-14)19-7(2)6-17/h6-7H,3H2,1-2H3,(H2,15,16). The summed E-state index contributed by atoms with van der Waals surface area (Å²) in [4.78, 5) is 14.7. The first-order chi connectivity index (χ1) is 9.08. The first-order valence-electron chi connectivity index (χ1n) is 5.47. The van der Waals surface area contributed by atoms with E-state index in [4.69, 9.17) is 15.7 Å². The van der Waals surface area contributed by atoms with Crippen molar-refractivity contribution >= 4 is 23.9 Å². The summed E-state index contributed by atoms with van der Waals surface area (Å²) in [6, 6.07) is 3.82. The lowest BCUT2D eigenvalue weighted by molar-refractivity contribution is -0.107. The topological polar surface area (TPSA) is 113 Å². The molecular formula is C12H12N4O2S. The van der Waals surface area contributed by atoms with Crippen LogP contribution in [0.1, 0.15) is 25.0 Å². The highest BCUT2D eigenvalue weighted by Gasteiger charge is 2.21. The molecule has 1 heterocycles. The third kappa shape index (κ3) is 3.15. The largest absolute Gasteiger partial charge is 0.491 e. The maximum atomic E-state index is 10.7. The predicted octanol–water partition coefficient (Wildman–Crippen LogP) is 1.49. The Kier molecular flexibility index (Phi) is 5.16. The summed E-state index contributed by atoms with van der Waals surface area (Å²) >= 11 is 1.10. The molecule has 1 atom stereocenters. The summed E-state index contributed by atoms with van der Waals surface area (Å²) in [5.41, 5.74) is 5.85. The normalized spacial score (nSPS) is 11.2. The van der Waals surface area contributed by atoms with Crippen molar-refractivity contribution in [1.29, 1.82) is 10.5 Å². The van der Waals surface area contributed by atoms with Crippen molar-refractivity contribution in [2.24, 2.45) is 0 Å². The number of pyridine rings is 1. The maximum absolute atomic E-state index is 10.7. The monoisotopic (exact) mass is 276 g/mol. The zero-order valence-corrected chi connectivity index (χ0v) is 11.3.